The maximum Gasteiger partial charge on any atom is 0.233 e. The summed E-state index contributed by atoms with van der Waals surface area (Å²) in [7, 11) is 0. The molecule has 0 bridgehead atoms. The molecule has 0 amide bonds. The average Bonchev–Trinajstić information content (AvgIpc) is 2.77. The molecule has 1 atom stereocenters. The summed E-state index contributed by atoms with van der Waals surface area (Å²) >= 11 is 0. The van der Waals surface area contributed by atoms with Crippen LogP contribution in [0.1, 0.15) is 104 Å². The highest BCUT2D eigenvalue weighted by Crippen LogP contribution is 2.42. The number of hydrogen-bond donors (Lipinski definition) is 2. The van der Waals surface area contributed by atoms with E-state index < -0.39 is 17.5 Å². The molecule has 0 spiro atoms. The van der Waals surface area contributed by atoms with Gasteiger partial charge in [0.25, 0.3) is 0 Å². The lowest BCUT2D eigenvalue weighted by molar-refractivity contribution is -0.133. The molecule has 5 heteroatoms. The molecule has 0 aromatic rings. The van der Waals surface area contributed by atoms with Gasteiger partial charge in [-0.2, -0.15) is 0 Å². The van der Waals surface area contributed by atoms with E-state index in [2.05, 4.69) is 12.2 Å². The first-order valence-corrected chi connectivity index (χ1v) is 12.3. The van der Waals surface area contributed by atoms with Crippen LogP contribution in [0.15, 0.2) is 33.9 Å². The molecule has 0 aromatic heterocycles. The minimum absolute atomic E-state index is 0.0522. The number of hydrogen-bond acceptors (Lipinski definition) is 5. The number of ketones is 3. The highest BCUT2D eigenvalue weighted by molar-refractivity contribution is 6.50. The highest BCUT2D eigenvalue weighted by Gasteiger charge is 2.44. The minimum Gasteiger partial charge on any atom is -0.505 e. The Balaban J connectivity index is 1.66. The van der Waals surface area contributed by atoms with E-state index >= 15 is 0 Å². The second-order valence-electron chi connectivity index (χ2n) is 9.11. The fourth-order valence-electron chi connectivity index (χ4n) is 5.16. The molecule has 170 valence electrons. The van der Waals surface area contributed by atoms with Gasteiger partial charge in [0, 0.05) is 34.8 Å². The molecule has 0 saturated carbocycles. The summed E-state index contributed by atoms with van der Waals surface area (Å²) in [6.45, 7) is 4.14. The summed E-state index contributed by atoms with van der Waals surface area (Å²) in [4.78, 5) is 38.3. The lowest BCUT2D eigenvalue weighted by Gasteiger charge is -2.36. The van der Waals surface area contributed by atoms with Crippen LogP contribution in [-0.4, -0.2) is 22.5 Å². The van der Waals surface area contributed by atoms with Gasteiger partial charge in [0.05, 0.1) is 5.70 Å². The molecule has 5 nitrogen and oxygen atoms in total. The number of unbranched alkanes of at least 4 members (excludes halogenated alkanes) is 8. The number of allylic oxidation sites excluding steroid dienone is 4. The van der Waals surface area contributed by atoms with E-state index in [0.717, 1.165) is 37.8 Å². The van der Waals surface area contributed by atoms with Crippen LogP contribution in [0.4, 0.5) is 0 Å². The standard InChI is InChI=1S/C26H37NO4/c1-3-5-6-7-8-9-10-11-12-14-18-24(29)23-22(26(31)25(18)30)17(4-2)21-19(27-23)15-13-16-20(21)28/h17,27,29H,3-16H2,1-2H3. The Labute approximate surface area is 186 Å². The normalized spacial score (nSPS) is 21.5. The zero-order valence-corrected chi connectivity index (χ0v) is 19.1. The molecule has 1 unspecified atom stereocenters. The number of aliphatic hydroxyl groups is 1. The van der Waals surface area contributed by atoms with Crippen LogP contribution < -0.4 is 5.32 Å². The van der Waals surface area contributed by atoms with Gasteiger partial charge in [0.1, 0.15) is 5.76 Å². The quantitative estimate of drug-likeness (QED) is 0.249. The molecule has 0 fully saturated rings. The number of Topliss-reactive ketones (excluding diaryl/α,β-unsaturated/α-hetero) is 3. The topological polar surface area (TPSA) is 83.5 Å². The molecule has 1 heterocycles. The van der Waals surface area contributed by atoms with Crippen LogP contribution in [0.3, 0.4) is 0 Å². The molecule has 0 saturated heterocycles. The summed E-state index contributed by atoms with van der Waals surface area (Å²) in [6, 6.07) is 0. The monoisotopic (exact) mass is 427 g/mol. The predicted octanol–water partition coefficient (Wildman–Crippen LogP) is 5.76. The van der Waals surface area contributed by atoms with Gasteiger partial charge in [-0.25, -0.2) is 0 Å². The van der Waals surface area contributed by atoms with E-state index in [1.54, 1.807) is 0 Å². The van der Waals surface area contributed by atoms with Crippen LogP contribution in [0.5, 0.6) is 0 Å². The minimum atomic E-state index is -0.594. The van der Waals surface area contributed by atoms with E-state index in [0.29, 0.717) is 30.5 Å². The van der Waals surface area contributed by atoms with Crippen LogP contribution in [-0.2, 0) is 14.4 Å². The van der Waals surface area contributed by atoms with Gasteiger partial charge in [-0.05, 0) is 32.1 Å². The molecule has 2 N–H and O–H groups in total. The van der Waals surface area contributed by atoms with Gasteiger partial charge in [-0.3, -0.25) is 14.4 Å². The van der Waals surface area contributed by atoms with Crippen molar-refractivity contribution in [1.29, 1.82) is 0 Å². The van der Waals surface area contributed by atoms with Crippen LogP contribution in [0.25, 0.3) is 0 Å². The Morgan fingerprint density at radius 1 is 0.839 bits per heavy atom. The Bertz CT molecular complexity index is 830. The van der Waals surface area contributed by atoms with Crippen LogP contribution in [0, 0.1) is 5.92 Å². The summed E-state index contributed by atoms with van der Waals surface area (Å²) in [5.74, 6) is -1.57. The zero-order valence-electron chi connectivity index (χ0n) is 19.1. The molecule has 0 aromatic carbocycles. The molecule has 3 aliphatic rings. The van der Waals surface area contributed by atoms with E-state index in [1.165, 1.54) is 38.5 Å². The fourth-order valence-corrected chi connectivity index (χ4v) is 5.16. The summed E-state index contributed by atoms with van der Waals surface area (Å²) < 4.78 is 0. The van der Waals surface area contributed by atoms with Crippen LogP contribution >= 0.6 is 0 Å². The van der Waals surface area contributed by atoms with Crippen molar-refractivity contribution in [2.75, 3.05) is 0 Å². The molecular formula is C26H37NO4. The van der Waals surface area contributed by atoms with Gasteiger partial charge in [-0.15, -0.1) is 0 Å². The second-order valence-corrected chi connectivity index (χ2v) is 9.11. The first-order valence-electron chi connectivity index (χ1n) is 12.3. The molecule has 1 aliphatic heterocycles. The Morgan fingerprint density at radius 2 is 1.48 bits per heavy atom. The summed E-state index contributed by atoms with van der Waals surface area (Å²) in [6.07, 6.45) is 13.5. The smallest absolute Gasteiger partial charge is 0.233 e. The second kappa shape index (κ2) is 10.9. The Hall–Kier alpha value is -2.17. The molecular weight excluding hydrogens is 390 g/mol. The molecule has 0 radical (unpaired) electrons. The van der Waals surface area contributed by atoms with Gasteiger partial charge in [0.15, 0.2) is 5.78 Å². The van der Waals surface area contributed by atoms with Gasteiger partial charge in [0.2, 0.25) is 11.6 Å². The lowest BCUT2D eigenvalue weighted by Crippen LogP contribution is -2.41. The number of dihydropyridines is 1. The largest absolute Gasteiger partial charge is 0.505 e. The van der Waals surface area contributed by atoms with Crippen molar-refractivity contribution in [2.24, 2.45) is 5.92 Å². The number of carbonyl (C=O) groups excluding carboxylic acids is 3. The predicted molar refractivity (Wildman–Crippen MR) is 121 cm³/mol. The third kappa shape index (κ3) is 5.02. The number of nitrogens with one attached hydrogen (secondary N) is 1. The van der Waals surface area contributed by atoms with Crippen molar-refractivity contribution < 1.29 is 19.5 Å². The fraction of sp³-hybridized carbons (Fsp3) is 0.654. The average molecular weight is 428 g/mol. The van der Waals surface area contributed by atoms with Crippen molar-refractivity contribution in [2.45, 2.75) is 104 Å². The molecule has 2 aliphatic carbocycles. The summed E-state index contributed by atoms with van der Waals surface area (Å²) in [5.41, 5.74) is 2.35. The Kier molecular flexibility index (Phi) is 8.28. The maximum absolute atomic E-state index is 13.0. The van der Waals surface area contributed by atoms with Gasteiger partial charge >= 0.3 is 0 Å². The maximum atomic E-state index is 13.0. The third-order valence-corrected chi connectivity index (χ3v) is 6.88. The van der Waals surface area contributed by atoms with E-state index in [4.69, 9.17) is 0 Å². The van der Waals surface area contributed by atoms with E-state index in [-0.39, 0.29) is 22.7 Å². The number of aliphatic hydroxyl groups excluding tert-OH is 1. The van der Waals surface area contributed by atoms with Crippen molar-refractivity contribution in [3.05, 3.63) is 33.9 Å². The Morgan fingerprint density at radius 3 is 2.13 bits per heavy atom. The summed E-state index contributed by atoms with van der Waals surface area (Å²) in [5, 5.41) is 14.1. The van der Waals surface area contributed by atoms with Gasteiger partial charge < -0.3 is 10.4 Å². The molecule has 3 rings (SSSR count). The highest BCUT2D eigenvalue weighted by atomic mass is 16.3. The third-order valence-electron chi connectivity index (χ3n) is 6.88. The number of rotatable bonds is 11. The van der Waals surface area contributed by atoms with Crippen molar-refractivity contribution in [1.82, 2.24) is 5.32 Å². The van der Waals surface area contributed by atoms with E-state index in [9.17, 15) is 19.5 Å². The zero-order chi connectivity index (χ0) is 22.4. The first-order chi connectivity index (χ1) is 15.0. The molecule has 31 heavy (non-hydrogen) atoms. The van der Waals surface area contributed by atoms with E-state index in [1.807, 2.05) is 6.92 Å². The number of carbonyl (C=O) groups is 3. The SMILES string of the molecule is CCCCCCCCCCCC1=C(O)C2=C(C(=O)C1=O)C(CC)C1=C(CCCC1=O)N2. The first kappa shape index (κ1) is 23.5. The van der Waals surface area contributed by atoms with Crippen molar-refractivity contribution >= 4 is 17.3 Å². The van der Waals surface area contributed by atoms with Gasteiger partial charge in [-0.1, -0.05) is 65.2 Å². The lowest BCUT2D eigenvalue weighted by atomic mass is 9.72. The van der Waals surface area contributed by atoms with Crippen molar-refractivity contribution in [3.8, 4) is 0 Å². The van der Waals surface area contributed by atoms with Crippen LogP contribution in [0.2, 0.25) is 0 Å². The van der Waals surface area contributed by atoms with Crippen molar-refractivity contribution in [3.63, 3.8) is 0 Å².